The third-order valence-electron chi connectivity index (χ3n) is 3.81. The summed E-state index contributed by atoms with van der Waals surface area (Å²) < 4.78 is 10.6. The summed E-state index contributed by atoms with van der Waals surface area (Å²) in [6.07, 6.45) is 0.330. The molecule has 2 rings (SSSR count). The first-order chi connectivity index (χ1) is 12.3. The van der Waals surface area contributed by atoms with E-state index in [2.05, 4.69) is 5.32 Å². The van der Waals surface area contributed by atoms with Crippen molar-refractivity contribution in [1.82, 2.24) is 5.32 Å². The summed E-state index contributed by atoms with van der Waals surface area (Å²) in [5, 5.41) is 3.30. The Labute approximate surface area is 158 Å². The number of methoxy groups -OCH3 is 1. The highest BCUT2D eigenvalue weighted by Gasteiger charge is 2.33. The molecule has 0 aromatic heterocycles. The number of nitrogens with one attached hydrogen (secondary N) is 1. The van der Waals surface area contributed by atoms with Gasteiger partial charge in [0.2, 0.25) is 0 Å². The molecule has 0 aliphatic rings. The van der Waals surface area contributed by atoms with Gasteiger partial charge in [-0.15, -0.1) is 0 Å². The average molecular weight is 376 g/mol. The monoisotopic (exact) mass is 375 g/mol. The molecular formula is C20H22ClNO4. The summed E-state index contributed by atoms with van der Waals surface area (Å²) in [6.45, 7) is 3.27. The zero-order valence-corrected chi connectivity index (χ0v) is 15.7. The molecular weight excluding hydrogens is 354 g/mol. The lowest BCUT2D eigenvalue weighted by molar-refractivity contribution is -0.147. The number of carbonyl (C=O) groups is 2. The molecule has 0 radical (unpaired) electrons. The van der Waals surface area contributed by atoms with Crippen LogP contribution in [0.4, 0.5) is 0 Å². The number of halogens is 1. The van der Waals surface area contributed by atoms with Crippen LogP contribution in [0.15, 0.2) is 54.6 Å². The number of amides is 1. The second kappa shape index (κ2) is 8.72. The van der Waals surface area contributed by atoms with Crippen LogP contribution < -0.4 is 10.1 Å². The molecule has 0 saturated carbocycles. The molecule has 1 atom stereocenters. The number of hydrogen-bond donors (Lipinski definition) is 1. The van der Waals surface area contributed by atoms with Gasteiger partial charge in [0.25, 0.3) is 5.91 Å². The lowest BCUT2D eigenvalue weighted by atomic mass is 10.0. The fraction of sp³-hybridized carbons (Fsp3) is 0.300. The van der Waals surface area contributed by atoms with Crippen LogP contribution in [-0.4, -0.2) is 30.6 Å². The fourth-order valence-electron chi connectivity index (χ4n) is 2.36. The maximum atomic E-state index is 12.7. The van der Waals surface area contributed by atoms with Gasteiger partial charge in [0, 0.05) is 11.4 Å². The zero-order valence-electron chi connectivity index (χ0n) is 15.0. The third-order valence-corrected chi connectivity index (χ3v) is 4.06. The van der Waals surface area contributed by atoms with Crippen molar-refractivity contribution < 1.29 is 19.1 Å². The van der Waals surface area contributed by atoms with Crippen molar-refractivity contribution in [3.05, 3.63) is 65.2 Å². The van der Waals surface area contributed by atoms with Crippen LogP contribution in [0.25, 0.3) is 0 Å². The van der Waals surface area contributed by atoms with E-state index in [1.807, 2.05) is 30.3 Å². The van der Waals surface area contributed by atoms with E-state index >= 15 is 0 Å². The Morgan fingerprint density at radius 1 is 1.08 bits per heavy atom. The number of ether oxygens (including phenoxy) is 2. The van der Waals surface area contributed by atoms with Gasteiger partial charge in [-0.3, -0.25) is 4.79 Å². The van der Waals surface area contributed by atoms with Gasteiger partial charge in [-0.1, -0.05) is 41.9 Å². The number of benzene rings is 2. The minimum Gasteiger partial charge on any atom is -0.478 e. The first kappa shape index (κ1) is 19.8. The van der Waals surface area contributed by atoms with Crippen molar-refractivity contribution in [3.63, 3.8) is 0 Å². The number of rotatable bonds is 7. The predicted molar refractivity (Wildman–Crippen MR) is 100 cm³/mol. The van der Waals surface area contributed by atoms with Crippen LogP contribution in [0, 0.1) is 0 Å². The van der Waals surface area contributed by atoms with Gasteiger partial charge in [-0.25, -0.2) is 4.79 Å². The van der Waals surface area contributed by atoms with Crippen LogP contribution >= 0.6 is 11.6 Å². The summed E-state index contributed by atoms with van der Waals surface area (Å²) in [4.78, 5) is 24.8. The SMILES string of the molecule is COC(=O)C(Cc1ccccc1)NC(=O)C(C)(C)Oc1ccc(Cl)cc1. The number of carbonyl (C=O) groups excluding carboxylic acids is 2. The Bertz CT molecular complexity index is 744. The van der Waals surface area contributed by atoms with E-state index in [0.29, 0.717) is 17.2 Å². The topological polar surface area (TPSA) is 64.6 Å². The fourth-order valence-corrected chi connectivity index (χ4v) is 2.49. The van der Waals surface area contributed by atoms with E-state index < -0.39 is 23.5 Å². The molecule has 0 aliphatic carbocycles. The molecule has 0 aliphatic heterocycles. The Kier molecular flexibility index (Phi) is 6.64. The molecule has 138 valence electrons. The van der Waals surface area contributed by atoms with E-state index in [4.69, 9.17) is 21.1 Å². The van der Waals surface area contributed by atoms with Crippen LogP contribution in [-0.2, 0) is 20.7 Å². The quantitative estimate of drug-likeness (QED) is 0.753. The first-order valence-electron chi connectivity index (χ1n) is 8.19. The summed E-state index contributed by atoms with van der Waals surface area (Å²) in [5.74, 6) is -0.421. The Balaban J connectivity index is 2.09. The van der Waals surface area contributed by atoms with E-state index in [1.54, 1.807) is 38.1 Å². The van der Waals surface area contributed by atoms with Crippen LogP contribution in [0.1, 0.15) is 19.4 Å². The molecule has 0 saturated heterocycles. The molecule has 0 spiro atoms. The van der Waals surface area contributed by atoms with E-state index in [9.17, 15) is 9.59 Å². The largest absolute Gasteiger partial charge is 0.478 e. The number of hydrogen-bond acceptors (Lipinski definition) is 4. The molecule has 5 nitrogen and oxygen atoms in total. The van der Waals surface area contributed by atoms with Gasteiger partial charge in [0.15, 0.2) is 5.60 Å². The maximum absolute atomic E-state index is 12.7. The van der Waals surface area contributed by atoms with Gasteiger partial charge in [-0.2, -0.15) is 0 Å². The van der Waals surface area contributed by atoms with E-state index in [-0.39, 0.29) is 0 Å². The minimum atomic E-state index is -1.18. The smallest absolute Gasteiger partial charge is 0.328 e. The molecule has 0 fully saturated rings. The highest BCUT2D eigenvalue weighted by molar-refractivity contribution is 6.30. The van der Waals surface area contributed by atoms with Gasteiger partial charge in [0.1, 0.15) is 11.8 Å². The standard InChI is InChI=1S/C20H22ClNO4/c1-20(2,26-16-11-9-15(21)10-12-16)19(24)22-17(18(23)25-3)13-14-7-5-4-6-8-14/h4-12,17H,13H2,1-3H3,(H,22,24). The highest BCUT2D eigenvalue weighted by atomic mass is 35.5. The van der Waals surface area contributed by atoms with Gasteiger partial charge < -0.3 is 14.8 Å². The molecule has 26 heavy (non-hydrogen) atoms. The van der Waals surface area contributed by atoms with Gasteiger partial charge >= 0.3 is 5.97 Å². The normalized spacial score (nSPS) is 12.2. The van der Waals surface area contributed by atoms with Crippen LogP contribution in [0.3, 0.4) is 0 Å². The van der Waals surface area contributed by atoms with Crippen LogP contribution in [0.5, 0.6) is 5.75 Å². The Hall–Kier alpha value is -2.53. The van der Waals surface area contributed by atoms with Crippen molar-refractivity contribution in [2.45, 2.75) is 31.9 Å². The lowest BCUT2D eigenvalue weighted by Crippen LogP contribution is -2.53. The second-order valence-electron chi connectivity index (χ2n) is 6.31. The zero-order chi connectivity index (χ0) is 19.2. The van der Waals surface area contributed by atoms with Crippen molar-refractivity contribution >= 4 is 23.5 Å². The van der Waals surface area contributed by atoms with Crippen molar-refractivity contribution in [3.8, 4) is 5.75 Å². The van der Waals surface area contributed by atoms with Crippen molar-refractivity contribution in [1.29, 1.82) is 0 Å². The molecule has 2 aromatic carbocycles. The highest BCUT2D eigenvalue weighted by Crippen LogP contribution is 2.21. The summed E-state index contributed by atoms with van der Waals surface area (Å²) in [6, 6.07) is 15.3. The molecule has 0 bridgehead atoms. The van der Waals surface area contributed by atoms with Gasteiger partial charge in [-0.05, 0) is 43.7 Å². The Morgan fingerprint density at radius 2 is 1.69 bits per heavy atom. The minimum absolute atomic E-state index is 0.330. The molecule has 2 aromatic rings. The van der Waals surface area contributed by atoms with Crippen molar-refractivity contribution in [2.75, 3.05) is 7.11 Å². The third kappa shape index (κ3) is 5.49. The predicted octanol–water partition coefficient (Wildman–Crippen LogP) is 3.40. The van der Waals surface area contributed by atoms with E-state index in [0.717, 1.165) is 5.56 Å². The van der Waals surface area contributed by atoms with E-state index in [1.165, 1.54) is 7.11 Å². The molecule has 0 heterocycles. The molecule has 1 amide bonds. The molecule has 6 heteroatoms. The first-order valence-corrected chi connectivity index (χ1v) is 8.57. The Morgan fingerprint density at radius 3 is 2.27 bits per heavy atom. The van der Waals surface area contributed by atoms with Crippen molar-refractivity contribution in [2.24, 2.45) is 0 Å². The summed E-state index contributed by atoms with van der Waals surface area (Å²) >= 11 is 5.86. The summed E-state index contributed by atoms with van der Waals surface area (Å²) in [7, 11) is 1.29. The van der Waals surface area contributed by atoms with Crippen LogP contribution in [0.2, 0.25) is 5.02 Å². The van der Waals surface area contributed by atoms with Gasteiger partial charge in [0.05, 0.1) is 7.11 Å². The molecule has 1 unspecified atom stereocenters. The second-order valence-corrected chi connectivity index (χ2v) is 6.74. The number of esters is 1. The molecule has 1 N–H and O–H groups in total. The lowest BCUT2D eigenvalue weighted by Gasteiger charge is -2.27. The summed E-state index contributed by atoms with van der Waals surface area (Å²) in [5.41, 5.74) is -0.267. The average Bonchev–Trinajstić information content (AvgIpc) is 2.63. The maximum Gasteiger partial charge on any atom is 0.328 e.